The minimum Gasteiger partial charge on any atom is -0.349 e. The minimum atomic E-state index is -0.137. The van der Waals surface area contributed by atoms with Gasteiger partial charge in [-0.15, -0.1) is 0 Å². The lowest BCUT2D eigenvalue weighted by molar-refractivity contribution is 0.0940. The summed E-state index contributed by atoms with van der Waals surface area (Å²) in [4.78, 5) is 20.5. The molecule has 0 aliphatic carbocycles. The van der Waals surface area contributed by atoms with Gasteiger partial charge in [0.15, 0.2) is 0 Å². The van der Waals surface area contributed by atoms with Crippen molar-refractivity contribution in [2.24, 2.45) is 5.73 Å². The second-order valence-corrected chi connectivity index (χ2v) is 4.18. The predicted molar refractivity (Wildman–Crippen MR) is 70.1 cm³/mol. The van der Waals surface area contributed by atoms with Gasteiger partial charge in [0, 0.05) is 18.4 Å². The van der Waals surface area contributed by atoms with Crippen molar-refractivity contribution in [1.82, 2.24) is 15.3 Å². The molecule has 5 nitrogen and oxygen atoms in total. The van der Waals surface area contributed by atoms with E-state index in [1.165, 1.54) is 0 Å². The van der Waals surface area contributed by atoms with E-state index in [-0.39, 0.29) is 11.9 Å². The van der Waals surface area contributed by atoms with Gasteiger partial charge >= 0.3 is 0 Å². The zero-order chi connectivity index (χ0) is 13.0. The zero-order valence-electron chi connectivity index (χ0n) is 10.3. The first kappa shape index (κ1) is 12.4. The monoisotopic (exact) mass is 244 g/mol. The summed E-state index contributed by atoms with van der Waals surface area (Å²) >= 11 is 0. The number of carbonyl (C=O) groups is 1. The molecule has 1 unspecified atom stereocenters. The van der Waals surface area contributed by atoms with Crippen molar-refractivity contribution in [1.29, 1.82) is 0 Å². The number of rotatable bonds is 4. The van der Waals surface area contributed by atoms with Gasteiger partial charge < -0.3 is 11.1 Å². The number of nitrogens with two attached hydrogens (primary N) is 1. The number of hydrogen-bond donors (Lipinski definition) is 2. The maximum atomic E-state index is 12.1. The second kappa shape index (κ2) is 5.55. The highest BCUT2D eigenvalue weighted by Gasteiger charge is 2.13. The Morgan fingerprint density at radius 2 is 2.17 bits per heavy atom. The first-order valence-corrected chi connectivity index (χ1v) is 5.93. The first-order valence-electron chi connectivity index (χ1n) is 5.93. The number of aromatic nitrogens is 2. The smallest absolute Gasteiger partial charge is 0.253 e. The molecule has 1 heterocycles. The summed E-state index contributed by atoms with van der Waals surface area (Å²) in [5, 5.41) is 2.90. The summed E-state index contributed by atoms with van der Waals surface area (Å²) in [5.41, 5.74) is 7.35. The Hall–Kier alpha value is -2.01. The van der Waals surface area contributed by atoms with E-state index in [2.05, 4.69) is 15.3 Å². The van der Waals surface area contributed by atoms with Gasteiger partial charge in [-0.25, -0.2) is 0 Å². The third-order valence-electron chi connectivity index (χ3n) is 2.72. The molecule has 94 valence electrons. The normalized spacial score (nSPS) is 12.3. The highest BCUT2D eigenvalue weighted by Crippen LogP contribution is 2.13. The molecule has 0 fully saturated rings. The topological polar surface area (TPSA) is 80.9 Å². The standard InChI is InChI=1S/C13H16N4O/c1-9(5-6-14)17-13(18)10-3-2-4-11-12(10)16-8-7-15-11/h2-4,7-9H,5-6,14H2,1H3,(H,17,18). The highest BCUT2D eigenvalue weighted by molar-refractivity contribution is 6.04. The number of benzene rings is 1. The van der Waals surface area contributed by atoms with E-state index in [1.54, 1.807) is 24.5 Å². The predicted octanol–water partition coefficient (Wildman–Crippen LogP) is 1.10. The van der Waals surface area contributed by atoms with Crippen molar-refractivity contribution in [2.45, 2.75) is 19.4 Å². The fourth-order valence-electron chi connectivity index (χ4n) is 1.80. The summed E-state index contributed by atoms with van der Waals surface area (Å²) in [7, 11) is 0. The van der Waals surface area contributed by atoms with Crippen LogP contribution in [0.5, 0.6) is 0 Å². The van der Waals surface area contributed by atoms with Gasteiger partial charge in [-0.05, 0) is 32.0 Å². The van der Waals surface area contributed by atoms with Crippen LogP contribution >= 0.6 is 0 Å². The van der Waals surface area contributed by atoms with Crippen molar-refractivity contribution in [3.8, 4) is 0 Å². The van der Waals surface area contributed by atoms with E-state index in [9.17, 15) is 4.79 Å². The maximum Gasteiger partial charge on any atom is 0.253 e. The highest BCUT2D eigenvalue weighted by atomic mass is 16.1. The summed E-state index contributed by atoms with van der Waals surface area (Å²) in [6, 6.07) is 5.44. The van der Waals surface area contributed by atoms with Gasteiger partial charge in [-0.3, -0.25) is 14.8 Å². The molecule has 3 N–H and O–H groups in total. The lowest BCUT2D eigenvalue weighted by Gasteiger charge is -2.13. The van der Waals surface area contributed by atoms with Crippen molar-refractivity contribution in [2.75, 3.05) is 6.54 Å². The number of hydrogen-bond acceptors (Lipinski definition) is 4. The first-order chi connectivity index (χ1) is 8.72. The Morgan fingerprint density at radius 3 is 2.94 bits per heavy atom. The molecule has 0 saturated heterocycles. The number of fused-ring (bicyclic) bond motifs is 1. The van der Waals surface area contributed by atoms with E-state index in [1.807, 2.05) is 13.0 Å². The van der Waals surface area contributed by atoms with E-state index in [4.69, 9.17) is 5.73 Å². The molecule has 0 radical (unpaired) electrons. The van der Waals surface area contributed by atoms with Crippen LogP contribution in [0.15, 0.2) is 30.6 Å². The fourth-order valence-corrected chi connectivity index (χ4v) is 1.80. The molecule has 18 heavy (non-hydrogen) atoms. The molecular weight excluding hydrogens is 228 g/mol. The molecule has 0 saturated carbocycles. The van der Waals surface area contributed by atoms with E-state index < -0.39 is 0 Å². The van der Waals surface area contributed by atoms with Gasteiger partial charge in [0.1, 0.15) is 5.52 Å². The molecule has 1 atom stereocenters. The molecule has 0 aliphatic rings. The fraction of sp³-hybridized carbons (Fsp3) is 0.308. The average molecular weight is 244 g/mol. The number of para-hydroxylation sites is 1. The molecule has 1 aromatic carbocycles. The minimum absolute atomic E-state index is 0.0504. The van der Waals surface area contributed by atoms with E-state index in [0.717, 1.165) is 11.9 Å². The summed E-state index contributed by atoms with van der Waals surface area (Å²) < 4.78 is 0. The molecule has 2 aromatic rings. The summed E-state index contributed by atoms with van der Waals surface area (Å²) in [5.74, 6) is -0.137. The average Bonchev–Trinajstić information content (AvgIpc) is 2.38. The van der Waals surface area contributed by atoms with Crippen LogP contribution in [0.2, 0.25) is 0 Å². The van der Waals surface area contributed by atoms with E-state index in [0.29, 0.717) is 17.6 Å². The van der Waals surface area contributed by atoms with E-state index >= 15 is 0 Å². The van der Waals surface area contributed by atoms with Gasteiger partial charge in [-0.1, -0.05) is 6.07 Å². The third kappa shape index (κ3) is 2.62. The molecule has 5 heteroatoms. The lowest BCUT2D eigenvalue weighted by Crippen LogP contribution is -2.34. The van der Waals surface area contributed by atoms with Crippen LogP contribution in [-0.2, 0) is 0 Å². The van der Waals surface area contributed by atoms with Crippen LogP contribution in [0.3, 0.4) is 0 Å². The number of nitrogens with zero attached hydrogens (tertiary/aromatic N) is 2. The summed E-state index contributed by atoms with van der Waals surface area (Å²) in [6.45, 7) is 2.48. The second-order valence-electron chi connectivity index (χ2n) is 4.18. The number of nitrogens with one attached hydrogen (secondary N) is 1. The Morgan fingerprint density at radius 1 is 1.39 bits per heavy atom. The van der Waals surface area contributed by atoms with Crippen LogP contribution in [0.25, 0.3) is 11.0 Å². The molecular formula is C13H16N4O. The van der Waals surface area contributed by atoms with Crippen molar-refractivity contribution < 1.29 is 4.79 Å². The van der Waals surface area contributed by atoms with Crippen LogP contribution in [0.4, 0.5) is 0 Å². The quantitative estimate of drug-likeness (QED) is 0.843. The van der Waals surface area contributed by atoms with Gasteiger partial charge in [-0.2, -0.15) is 0 Å². The Kier molecular flexibility index (Phi) is 3.84. The maximum absolute atomic E-state index is 12.1. The Bertz CT molecular complexity index is 550. The van der Waals surface area contributed by atoms with Crippen molar-refractivity contribution in [3.05, 3.63) is 36.2 Å². The summed E-state index contributed by atoms with van der Waals surface area (Å²) in [6.07, 6.45) is 3.95. The third-order valence-corrected chi connectivity index (χ3v) is 2.72. The van der Waals surface area contributed by atoms with Crippen molar-refractivity contribution in [3.63, 3.8) is 0 Å². The van der Waals surface area contributed by atoms with Crippen LogP contribution < -0.4 is 11.1 Å². The Labute approximate surface area is 105 Å². The van der Waals surface area contributed by atoms with Gasteiger partial charge in [0.25, 0.3) is 5.91 Å². The SMILES string of the molecule is CC(CCN)NC(=O)c1cccc2nccnc12. The molecule has 0 bridgehead atoms. The number of carbonyl (C=O) groups excluding carboxylic acids is 1. The van der Waals surface area contributed by atoms with Crippen molar-refractivity contribution >= 4 is 16.9 Å². The molecule has 0 spiro atoms. The lowest BCUT2D eigenvalue weighted by atomic mass is 10.1. The zero-order valence-corrected chi connectivity index (χ0v) is 10.3. The van der Waals surface area contributed by atoms with Gasteiger partial charge in [0.2, 0.25) is 0 Å². The molecule has 1 amide bonds. The molecule has 1 aromatic heterocycles. The van der Waals surface area contributed by atoms with Crippen LogP contribution in [-0.4, -0.2) is 28.5 Å². The van der Waals surface area contributed by atoms with Crippen LogP contribution in [0, 0.1) is 0 Å². The van der Waals surface area contributed by atoms with Gasteiger partial charge in [0.05, 0.1) is 11.1 Å². The largest absolute Gasteiger partial charge is 0.349 e. The van der Waals surface area contributed by atoms with Crippen LogP contribution in [0.1, 0.15) is 23.7 Å². The number of amides is 1. The molecule has 2 rings (SSSR count). The molecule has 0 aliphatic heterocycles. The Balaban J connectivity index is 2.28.